The molecule has 0 aromatic heterocycles. The first kappa shape index (κ1) is 11.0. The minimum absolute atomic E-state index is 0.0225. The molecule has 0 aliphatic carbocycles. The summed E-state index contributed by atoms with van der Waals surface area (Å²) in [5.74, 6) is 0.230. The molecule has 0 heterocycles. The molecule has 1 rings (SSSR count). The fourth-order valence-corrected chi connectivity index (χ4v) is 1.32. The lowest BCUT2D eigenvalue weighted by Crippen LogP contribution is -2.13. The topological polar surface area (TPSA) is 35.2 Å². The maximum Gasteiger partial charge on any atom is 0.131 e. The van der Waals surface area contributed by atoms with Gasteiger partial charge in [0, 0.05) is 11.6 Å². The Hall–Kier alpha value is -1.09. The van der Waals surface area contributed by atoms with E-state index in [1.807, 2.05) is 13.8 Å². The lowest BCUT2D eigenvalue weighted by molar-refractivity contribution is 0.237. The summed E-state index contributed by atoms with van der Waals surface area (Å²) in [7, 11) is 0. The summed E-state index contributed by atoms with van der Waals surface area (Å²) in [4.78, 5) is 0. The number of hydrogen-bond donors (Lipinski definition) is 1. The van der Waals surface area contributed by atoms with Gasteiger partial charge in [0.25, 0.3) is 0 Å². The van der Waals surface area contributed by atoms with Crippen molar-refractivity contribution in [1.29, 1.82) is 0 Å². The van der Waals surface area contributed by atoms with Crippen molar-refractivity contribution in [3.8, 4) is 5.75 Å². The van der Waals surface area contributed by atoms with Gasteiger partial charge in [-0.1, -0.05) is 6.07 Å². The van der Waals surface area contributed by atoms with Crippen LogP contribution >= 0.6 is 0 Å². The van der Waals surface area contributed by atoms with Gasteiger partial charge in [0.05, 0.1) is 6.10 Å². The molecular weight excluding hydrogens is 181 g/mol. The van der Waals surface area contributed by atoms with Crippen LogP contribution in [-0.2, 0) is 0 Å². The quantitative estimate of drug-likeness (QED) is 0.808. The van der Waals surface area contributed by atoms with Crippen LogP contribution in [0.4, 0.5) is 4.39 Å². The Morgan fingerprint density at radius 3 is 2.43 bits per heavy atom. The standard InChI is InChI=1S/C11H16FNO/c1-7(2)14-10-6-4-5-9(12)11(10)8(3)13/h4-8H,13H2,1-3H3/t8-/m0/s1. The van der Waals surface area contributed by atoms with Gasteiger partial charge in [0.15, 0.2) is 0 Å². The molecule has 0 saturated carbocycles. The maximum atomic E-state index is 13.4. The van der Waals surface area contributed by atoms with Crippen LogP contribution in [0.15, 0.2) is 18.2 Å². The van der Waals surface area contributed by atoms with Gasteiger partial charge >= 0.3 is 0 Å². The van der Waals surface area contributed by atoms with Crippen molar-refractivity contribution in [2.45, 2.75) is 32.9 Å². The lowest BCUT2D eigenvalue weighted by atomic mass is 10.1. The number of rotatable bonds is 3. The van der Waals surface area contributed by atoms with E-state index in [1.165, 1.54) is 6.07 Å². The highest BCUT2D eigenvalue weighted by molar-refractivity contribution is 5.36. The molecule has 2 N–H and O–H groups in total. The number of halogens is 1. The van der Waals surface area contributed by atoms with E-state index in [-0.39, 0.29) is 18.0 Å². The van der Waals surface area contributed by atoms with Crippen molar-refractivity contribution < 1.29 is 9.13 Å². The number of nitrogens with two attached hydrogens (primary N) is 1. The van der Waals surface area contributed by atoms with Crippen molar-refractivity contribution >= 4 is 0 Å². The van der Waals surface area contributed by atoms with Crippen molar-refractivity contribution in [2.24, 2.45) is 5.73 Å². The van der Waals surface area contributed by atoms with Gasteiger partial charge < -0.3 is 10.5 Å². The van der Waals surface area contributed by atoms with Gasteiger partial charge in [-0.15, -0.1) is 0 Å². The van der Waals surface area contributed by atoms with E-state index in [9.17, 15) is 4.39 Å². The van der Waals surface area contributed by atoms with Crippen LogP contribution in [0.25, 0.3) is 0 Å². The van der Waals surface area contributed by atoms with E-state index in [2.05, 4.69) is 0 Å². The van der Waals surface area contributed by atoms with Crippen LogP contribution in [0.5, 0.6) is 5.75 Å². The van der Waals surface area contributed by atoms with Gasteiger partial charge in [-0.3, -0.25) is 0 Å². The zero-order valence-electron chi connectivity index (χ0n) is 8.75. The molecule has 1 atom stereocenters. The van der Waals surface area contributed by atoms with Crippen LogP contribution in [0.1, 0.15) is 32.4 Å². The van der Waals surface area contributed by atoms with Crippen molar-refractivity contribution in [3.63, 3.8) is 0 Å². The summed E-state index contributed by atoms with van der Waals surface area (Å²) in [5.41, 5.74) is 6.12. The molecule has 1 aromatic carbocycles. The molecule has 0 amide bonds. The molecule has 0 radical (unpaired) electrons. The van der Waals surface area contributed by atoms with Crippen LogP contribution in [0.2, 0.25) is 0 Å². The third-order valence-electron chi connectivity index (χ3n) is 1.83. The fourth-order valence-electron chi connectivity index (χ4n) is 1.32. The Morgan fingerprint density at radius 2 is 1.93 bits per heavy atom. The van der Waals surface area contributed by atoms with E-state index in [0.717, 1.165) is 0 Å². The van der Waals surface area contributed by atoms with E-state index in [4.69, 9.17) is 10.5 Å². The zero-order chi connectivity index (χ0) is 10.7. The van der Waals surface area contributed by atoms with Gasteiger partial charge in [0.1, 0.15) is 11.6 Å². The lowest BCUT2D eigenvalue weighted by Gasteiger charge is -2.16. The van der Waals surface area contributed by atoms with E-state index in [1.54, 1.807) is 19.1 Å². The highest BCUT2D eigenvalue weighted by Gasteiger charge is 2.14. The smallest absolute Gasteiger partial charge is 0.131 e. The molecule has 0 bridgehead atoms. The minimum atomic E-state index is -0.357. The average Bonchev–Trinajstić information content (AvgIpc) is 2.01. The third-order valence-corrected chi connectivity index (χ3v) is 1.83. The number of benzene rings is 1. The Morgan fingerprint density at radius 1 is 1.29 bits per heavy atom. The Balaban J connectivity index is 3.08. The summed E-state index contributed by atoms with van der Waals surface area (Å²) >= 11 is 0. The minimum Gasteiger partial charge on any atom is -0.491 e. The van der Waals surface area contributed by atoms with Crippen LogP contribution in [0.3, 0.4) is 0 Å². The highest BCUT2D eigenvalue weighted by Crippen LogP contribution is 2.27. The monoisotopic (exact) mass is 197 g/mol. The summed E-state index contributed by atoms with van der Waals surface area (Å²) in [5, 5.41) is 0. The highest BCUT2D eigenvalue weighted by atomic mass is 19.1. The summed E-state index contributed by atoms with van der Waals surface area (Å²) in [6, 6.07) is 4.40. The van der Waals surface area contributed by atoms with Gasteiger partial charge in [-0.2, -0.15) is 0 Å². The molecule has 0 fully saturated rings. The first-order chi connectivity index (χ1) is 6.52. The SMILES string of the molecule is CC(C)Oc1cccc(F)c1[C@H](C)N. The largest absolute Gasteiger partial charge is 0.491 e. The van der Waals surface area contributed by atoms with Crippen molar-refractivity contribution in [1.82, 2.24) is 0 Å². The summed E-state index contributed by atoms with van der Waals surface area (Å²) < 4.78 is 18.9. The van der Waals surface area contributed by atoms with E-state index >= 15 is 0 Å². The Kier molecular flexibility index (Phi) is 3.47. The normalized spacial score (nSPS) is 13.0. The zero-order valence-corrected chi connectivity index (χ0v) is 8.75. The van der Waals surface area contributed by atoms with Crippen LogP contribution < -0.4 is 10.5 Å². The van der Waals surface area contributed by atoms with Gasteiger partial charge in [-0.05, 0) is 32.9 Å². The van der Waals surface area contributed by atoms with E-state index in [0.29, 0.717) is 11.3 Å². The molecular formula is C11H16FNO. The molecule has 0 unspecified atom stereocenters. The average molecular weight is 197 g/mol. The molecule has 78 valence electrons. The maximum absolute atomic E-state index is 13.4. The first-order valence-electron chi connectivity index (χ1n) is 4.73. The molecule has 0 spiro atoms. The number of ether oxygens (including phenoxy) is 1. The molecule has 14 heavy (non-hydrogen) atoms. The van der Waals surface area contributed by atoms with Gasteiger partial charge in [0.2, 0.25) is 0 Å². The molecule has 2 nitrogen and oxygen atoms in total. The second-order valence-electron chi connectivity index (χ2n) is 3.61. The Labute approximate surface area is 83.9 Å². The second kappa shape index (κ2) is 4.42. The molecule has 0 aliphatic heterocycles. The molecule has 0 aliphatic rings. The van der Waals surface area contributed by atoms with Crippen molar-refractivity contribution in [3.05, 3.63) is 29.6 Å². The third kappa shape index (κ3) is 2.45. The second-order valence-corrected chi connectivity index (χ2v) is 3.61. The first-order valence-corrected chi connectivity index (χ1v) is 4.73. The van der Waals surface area contributed by atoms with Crippen LogP contribution in [-0.4, -0.2) is 6.10 Å². The molecule has 0 saturated heterocycles. The van der Waals surface area contributed by atoms with Crippen molar-refractivity contribution in [2.75, 3.05) is 0 Å². The predicted octanol–water partition coefficient (Wildman–Crippen LogP) is 2.63. The molecule has 1 aromatic rings. The number of hydrogen-bond acceptors (Lipinski definition) is 2. The Bertz CT molecular complexity index is 310. The van der Waals surface area contributed by atoms with Crippen LogP contribution in [0, 0.1) is 5.82 Å². The molecule has 3 heteroatoms. The summed E-state index contributed by atoms with van der Waals surface area (Å²) in [6.07, 6.45) is 0.0225. The predicted molar refractivity (Wildman–Crippen MR) is 54.8 cm³/mol. The van der Waals surface area contributed by atoms with Gasteiger partial charge in [-0.25, -0.2) is 4.39 Å². The van der Waals surface area contributed by atoms with E-state index < -0.39 is 0 Å². The summed E-state index contributed by atoms with van der Waals surface area (Å²) in [6.45, 7) is 5.54. The fraction of sp³-hybridized carbons (Fsp3) is 0.455.